The lowest BCUT2D eigenvalue weighted by molar-refractivity contribution is -0.143. The molecular formula is C12H14N2O5. The van der Waals surface area contributed by atoms with Crippen LogP contribution in [-0.2, 0) is 20.8 Å². The summed E-state index contributed by atoms with van der Waals surface area (Å²) >= 11 is 0. The summed E-state index contributed by atoms with van der Waals surface area (Å²) in [6, 6.07) is 4.68. The number of carboxylic acids is 1. The van der Waals surface area contributed by atoms with Crippen LogP contribution in [0.3, 0.4) is 0 Å². The van der Waals surface area contributed by atoms with Gasteiger partial charge in [0.15, 0.2) is 0 Å². The zero-order valence-corrected chi connectivity index (χ0v) is 10.00. The van der Waals surface area contributed by atoms with Crippen LogP contribution in [0.1, 0.15) is 12.0 Å². The maximum absolute atomic E-state index is 11.6. The standard InChI is InChI=1S/C12H14N2O5/c13-10(16)6-9(12(18)19)14-11(17)5-7-2-1-3-8(15)4-7/h1-4,9,15H,5-6H2,(H2,13,16)(H,14,17)(H,18,19)/t9-/m1/s1. The molecule has 2 amide bonds. The molecule has 0 aromatic heterocycles. The van der Waals surface area contributed by atoms with Gasteiger partial charge in [-0.25, -0.2) is 4.79 Å². The largest absolute Gasteiger partial charge is 0.508 e. The fourth-order valence-corrected chi connectivity index (χ4v) is 1.50. The summed E-state index contributed by atoms with van der Waals surface area (Å²) in [6.45, 7) is 0. The number of benzene rings is 1. The molecule has 0 fully saturated rings. The van der Waals surface area contributed by atoms with Gasteiger partial charge in [-0.2, -0.15) is 0 Å². The molecule has 0 unspecified atom stereocenters. The second kappa shape index (κ2) is 6.39. The van der Waals surface area contributed by atoms with Gasteiger partial charge in [0.25, 0.3) is 0 Å². The monoisotopic (exact) mass is 266 g/mol. The van der Waals surface area contributed by atoms with Crippen molar-refractivity contribution in [2.24, 2.45) is 5.73 Å². The number of phenols is 1. The van der Waals surface area contributed by atoms with E-state index in [1.165, 1.54) is 12.1 Å². The Hall–Kier alpha value is -2.57. The van der Waals surface area contributed by atoms with Crippen molar-refractivity contribution in [1.82, 2.24) is 5.32 Å². The van der Waals surface area contributed by atoms with Crippen molar-refractivity contribution in [2.75, 3.05) is 0 Å². The van der Waals surface area contributed by atoms with Crippen LogP contribution in [0.15, 0.2) is 24.3 Å². The Kier molecular flexibility index (Phi) is 4.87. The van der Waals surface area contributed by atoms with E-state index in [1.807, 2.05) is 0 Å². The zero-order chi connectivity index (χ0) is 14.4. The van der Waals surface area contributed by atoms with Gasteiger partial charge in [-0.3, -0.25) is 9.59 Å². The number of aliphatic carboxylic acids is 1. The predicted octanol–water partition coefficient (Wildman–Crippen LogP) is -0.621. The highest BCUT2D eigenvalue weighted by atomic mass is 16.4. The number of rotatable bonds is 6. The van der Waals surface area contributed by atoms with E-state index in [-0.39, 0.29) is 12.2 Å². The van der Waals surface area contributed by atoms with Gasteiger partial charge in [0.2, 0.25) is 11.8 Å². The second-order valence-corrected chi connectivity index (χ2v) is 3.98. The average Bonchev–Trinajstić information content (AvgIpc) is 2.27. The molecule has 0 saturated carbocycles. The summed E-state index contributed by atoms with van der Waals surface area (Å²) in [6.07, 6.45) is -0.571. The predicted molar refractivity (Wildman–Crippen MR) is 65.2 cm³/mol. The first kappa shape index (κ1) is 14.5. The van der Waals surface area contributed by atoms with Crippen LogP contribution in [0, 0.1) is 0 Å². The van der Waals surface area contributed by atoms with Gasteiger partial charge in [0, 0.05) is 0 Å². The third-order valence-corrected chi connectivity index (χ3v) is 2.31. The van der Waals surface area contributed by atoms with E-state index in [4.69, 9.17) is 10.8 Å². The Morgan fingerprint density at radius 3 is 2.53 bits per heavy atom. The zero-order valence-electron chi connectivity index (χ0n) is 10.00. The summed E-state index contributed by atoms with van der Waals surface area (Å²) in [5, 5.41) is 20.2. The first-order valence-electron chi connectivity index (χ1n) is 5.47. The Bertz CT molecular complexity index is 501. The van der Waals surface area contributed by atoms with Crippen molar-refractivity contribution >= 4 is 17.8 Å². The molecule has 1 rings (SSSR count). The Morgan fingerprint density at radius 2 is 2.00 bits per heavy atom. The summed E-state index contributed by atoms with van der Waals surface area (Å²) in [7, 11) is 0. The number of primary amides is 1. The molecule has 0 heterocycles. The second-order valence-electron chi connectivity index (χ2n) is 3.98. The number of carbonyl (C=O) groups is 3. The van der Waals surface area contributed by atoms with Crippen LogP contribution in [0.25, 0.3) is 0 Å². The smallest absolute Gasteiger partial charge is 0.326 e. The number of hydrogen-bond acceptors (Lipinski definition) is 4. The first-order valence-corrected chi connectivity index (χ1v) is 5.47. The minimum atomic E-state index is -1.35. The van der Waals surface area contributed by atoms with Gasteiger partial charge < -0.3 is 21.3 Å². The van der Waals surface area contributed by atoms with Crippen LogP contribution in [0.5, 0.6) is 5.75 Å². The van der Waals surface area contributed by atoms with E-state index in [0.717, 1.165) is 0 Å². The molecule has 102 valence electrons. The molecule has 19 heavy (non-hydrogen) atoms. The normalized spacial score (nSPS) is 11.6. The minimum Gasteiger partial charge on any atom is -0.508 e. The summed E-state index contributed by atoms with van der Waals surface area (Å²) in [5.74, 6) is -2.70. The van der Waals surface area contributed by atoms with Crippen LogP contribution < -0.4 is 11.1 Å². The van der Waals surface area contributed by atoms with Gasteiger partial charge in [0.05, 0.1) is 12.8 Å². The molecule has 0 aliphatic rings. The van der Waals surface area contributed by atoms with Gasteiger partial charge in [-0.05, 0) is 17.7 Å². The molecule has 0 radical (unpaired) electrons. The van der Waals surface area contributed by atoms with Gasteiger partial charge in [0.1, 0.15) is 11.8 Å². The number of nitrogens with one attached hydrogen (secondary N) is 1. The van der Waals surface area contributed by atoms with Crippen molar-refractivity contribution in [1.29, 1.82) is 0 Å². The van der Waals surface area contributed by atoms with Crippen LogP contribution >= 0.6 is 0 Å². The van der Waals surface area contributed by atoms with Crippen molar-refractivity contribution in [3.05, 3.63) is 29.8 Å². The van der Waals surface area contributed by atoms with Crippen LogP contribution in [0.2, 0.25) is 0 Å². The molecule has 0 saturated heterocycles. The van der Waals surface area contributed by atoms with Crippen LogP contribution in [-0.4, -0.2) is 34.0 Å². The van der Waals surface area contributed by atoms with Crippen molar-refractivity contribution in [3.63, 3.8) is 0 Å². The number of aromatic hydroxyl groups is 1. The van der Waals surface area contributed by atoms with Crippen molar-refractivity contribution < 1.29 is 24.6 Å². The molecule has 7 nitrogen and oxygen atoms in total. The van der Waals surface area contributed by atoms with Crippen LogP contribution in [0.4, 0.5) is 0 Å². The molecule has 1 atom stereocenters. The Labute approximate surface area is 109 Å². The number of phenolic OH excluding ortho intramolecular Hbond substituents is 1. The third-order valence-electron chi connectivity index (χ3n) is 2.31. The topological polar surface area (TPSA) is 130 Å². The molecule has 0 bridgehead atoms. The number of hydrogen-bond donors (Lipinski definition) is 4. The highest BCUT2D eigenvalue weighted by molar-refractivity contribution is 5.88. The highest BCUT2D eigenvalue weighted by Gasteiger charge is 2.22. The number of nitrogens with two attached hydrogens (primary N) is 1. The maximum atomic E-state index is 11.6. The molecule has 7 heteroatoms. The lowest BCUT2D eigenvalue weighted by atomic mass is 10.1. The molecule has 0 aliphatic carbocycles. The maximum Gasteiger partial charge on any atom is 0.326 e. The fourth-order valence-electron chi connectivity index (χ4n) is 1.50. The molecular weight excluding hydrogens is 252 g/mol. The van der Waals surface area contributed by atoms with E-state index in [9.17, 15) is 19.5 Å². The third kappa shape index (κ3) is 5.07. The fraction of sp³-hybridized carbons (Fsp3) is 0.250. The first-order chi connectivity index (χ1) is 8.88. The lowest BCUT2D eigenvalue weighted by Gasteiger charge is -2.12. The van der Waals surface area contributed by atoms with E-state index in [2.05, 4.69) is 5.32 Å². The SMILES string of the molecule is NC(=O)C[C@@H](NC(=O)Cc1cccc(O)c1)C(=O)O. The van der Waals surface area contributed by atoms with E-state index >= 15 is 0 Å². The van der Waals surface area contributed by atoms with Crippen molar-refractivity contribution in [2.45, 2.75) is 18.9 Å². The van der Waals surface area contributed by atoms with Gasteiger partial charge in [-0.1, -0.05) is 12.1 Å². The summed E-state index contributed by atoms with van der Waals surface area (Å²) in [5.41, 5.74) is 5.42. The molecule has 1 aromatic carbocycles. The summed E-state index contributed by atoms with van der Waals surface area (Å²) < 4.78 is 0. The minimum absolute atomic E-state index is 0.0113. The highest BCUT2D eigenvalue weighted by Crippen LogP contribution is 2.11. The lowest BCUT2D eigenvalue weighted by Crippen LogP contribution is -2.43. The number of amides is 2. The van der Waals surface area contributed by atoms with Gasteiger partial charge in [-0.15, -0.1) is 0 Å². The quantitative estimate of drug-likeness (QED) is 0.545. The van der Waals surface area contributed by atoms with E-state index in [1.54, 1.807) is 12.1 Å². The molecule has 1 aromatic rings. The molecule has 0 spiro atoms. The summed E-state index contributed by atoms with van der Waals surface area (Å²) in [4.78, 5) is 33.1. The molecule has 5 N–H and O–H groups in total. The number of carbonyl (C=O) groups excluding carboxylic acids is 2. The molecule has 0 aliphatic heterocycles. The van der Waals surface area contributed by atoms with E-state index < -0.39 is 30.2 Å². The van der Waals surface area contributed by atoms with Gasteiger partial charge >= 0.3 is 5.97 Å². The van der Waals surface area contributed by atoms with E-state index in [0.29, 0.717) is 5.56 Å². The Balaban J connectivity index is 2.62. The Morgan fingerprint density at radius 1 is 1.32 bits per heavy atom. The number of carboxylic acid groups (broad SMARTS) is 1. The average molecular weight is 266 g/mol. The van der Waals surface area contributed by atoms with Crippen molar-refractivity contribution in [3.8, 4) is 5.75 Å².